The number of hydrogen-bond donors (Lipinski definition) is 0. The molecule has 0 saturated carbocycles. The Morgan fingerprint density at radius 2 is 1.82 bits per heavy atom. The number of aromatic nitrogens is 2. The highest BCUT2D eigenvalue weighted by atomic mass is 16.6. The van der Waals surface area contributed by atoms with Crippen molar-refractivity contribution < 1.29 is 9.53 Å². The van der Waals surface area contributed by atoms with Crippen LogP contribution in [0.1, 0.15) is 30.5 Å². The second-order valence-corrected chi connectivity index (χ2v) is 8.08. The average Bonchev–Trinajstić information content (AvgIpc) is 2.97. The Morgan fingerprint density at radius 3 is 2.50 bits per heavy atom. The highest BCUT2D eigenvalue weighted by Gasteiger charge is 2.44. The SMILES string of the molecule is Cc1c(CN2CCC[C@@]3(CC2)CN(C)C(=O)O3)c(=O)n(-c2ccccc2)n1C. The van der Waals surface area contributed by atoms with Crippen LogP contribution < -0.4 is 5.56 Å². The van der Waals surface area contributed by atoms with Gasteiger partial charge in [-0.05, 0) is 38.4 Å². The third-order valence-electron chi connectivity index (χ3n) is 6.19. The molecule has 0 radical (unpaired) electrons. The van der Waals surface area contributed by atoms with E-state index in [1.807, 2.05) is 49.0 Å². The zero-order valence-electron chi connectivity index (χ0n) is 16.9. The van der Waals surface area contributed by atoms with Gasteiger partial charge in [0.1, 0.15) is 5.60 Å². The van der Waals surface area contributed by atoms with Gasteiger partial charge in [0, 0.05) is 39.3 Å². The molecule has 0 bridgehead atoms. The van der Waals surface area contributed by atoms with E-state index in [1.165, 1.54) is 0 Å². The van der Waals surface area contributed by atoms with Crippen molar-refractivity contribution in [2.75, 3.05) is 26.7 Å². The summed E-state index contributed by atoms with van der Waals surface area (Å²) in [5.74, 6) is 0. The topological polar surface area (TPSA) is 59.7 Å². The first-order valence-electron chi connectivity index (χ1n) is 9.90. The summed E-state index contributed by atoms with van der Waals surface area (Å²) in [5.41, 5.74) is 2.37. The number of hydrogen-bond acceptors (Lipinski definition) is 4. The third-order valence-corrected chi connectivity index (χ3v) is 6.19. The molecule has 150 valence electrons. The average molecular weight is 384 g/mol. The van der Waals surface area contributed by atoms with E-state index in [2.05, 4.69) is 4.90 Å². The molecule has 0 aliphatic carbocycles. The first kappa shape index (κ1) is 18.8. The van der Waals surface area contributed by atoms with Gasteiger partial charge in [-0.2, -0.15) is 0 Å². The second-order valence-electron chi connectivity index (χ2n) is 8.08. The van der Waals surface area contributed by atoms with Crippen molar-refractivity contribution in [3.05, 3.63) is 51.9 Å². The van der Waals surface area contributed by atoms with Crippen LogP contribution in [0.25, 0.3) is 5.69 Å². The number of nitrogens with zero attached hydrogens (tertiary/aromatic N) is 4. The van der Waals surface area contributed by atoms with Crippen molar-refractivity contribution in [3.63, 3.8) is 0 Å². The molecule has 1 aromatic heterocycles. The Bertz CT molecular complexity index is 933. The second kappa shape index (κ2) is 7.13. The van der Waals surface area contributed by atoms with Crippen molar-refractivity contribution in [2.24, 2.45) is 7.05 Å². The fraction of sp³-hybridized carbons (Fsp3) is 0.524. The quantitative estimate of drug-likeness (QED) is 0.815. The van der Waals surface area contributed by atoms with Crippen LogP contribution >= 0.6 is 0 Å². The van der Waals surface area contributed by atoms with E-state index >= 15 is 0 Å². The molecule has 1 amide bonds. The molecule has 3 heterocycles. The first-order chi connectivity index (χ1) is 13.4. The van der Waals surface area contributed by atoms with Crippen LogP contribution in [0.3, 0.4) is 0 Å². The molecule has 7 nitrogen and oxygen atoms in total. The summed E-state index contributed by atoms with van der Waals surface area (Å²) in [4.78, 5) is 29.0. The minimum Gasteiger partial charge on any atom is -0.441 e. The van der Waals surface area contributed by atoms with E-state index in [9.17, 15) is 9.59 Å². The van der Waals surface area contributed by atoms with Gasteiger partial charge in [-0.25, -0.2) is 9.48 Å². The molecule has 0 N–H and O–H groups in total. The molecule has 1 spiro atoms. The van der Waals surface area contributed by atoms with E-state index in [0.29, 0.717) is 13.1 Å². The van der Waals surface area contributed by atoms with Gasteiger partial charge in [-0.3, -0.25) is 14.4 Å². The van der Waals surface area contributed by atoms with E-state index in [1.54, 1.807) is 16.6 Å². The molecular weight excluding hydrogens is 356 g/mol. The number of rotatable bonds is 3. The lowest BCUT2D eigenvalue weighted by Crippen LogP contribution is -2.35. The first-order valence-corrected chi connectivity index (χ1v) is 9.90. The number of carbonyl (C=O) groups is 1. The zero-order valence-corrected chi connectivity index (χ0v) is 16.9. The monoisotopic (exact) mass is 384 g/mol. The zero-order chi connectivity index (χ0) is 19.9. The molecule has 2 aliphatic heterocycles. The van der Waals surface area contributed by atoms with Crippen LogP contribution in [0.4, 0.5) is 4.79 Å². The summed E-state index contributed by atoms with van der Waals surface area (Å²) in [6.45, 7) is 5.01. The largest absolute Gasteiger partial charge is 0.441 e. The van der Waals surface area contributed by atoms with Crippen LogP contribution in [0.15, 0.2) is 35.1 Å². The number of benzene rings is 1. The highest BCUT2D eigenvalue weighted by molar-refractivity contribution is 5.70. The Hall–Kier alpha value is -2.54. The summed E-state index contributed by atoms with van der Waals surface area (Å²) in [6.07, 6.45) is 2.42. The summed E-state index contributed by atoms with van der Waals surface area (Å²) in [7, 11) is 3.72. The van der Waals surface area contributed by atoms with E-state index in [-0.39, 0.29) is 17.3 Å². The molecule has 28 heavy (non-hydrogen) atoms. The van der Waals surface area contributed by atoms with Crippen LogP contribution in [-0.2, 0) is 18.3 Å². The van der Waals surface area contributed by atoms with Crippen molar-refractivity contribution in [2.45, 2.75) is 38.3 Å². The fourth-order valence-electron chi connectivity index (χ4n) is 4.46. The Labute approximate surface area is 165 Å². The minimum atomic E-state index is -0.365. The molecule has 7 heteroatoms. The molecule has 1 atom stereocenters. The van der Waals surface area contributed by atoms with E-state index in [0.717, 1.165) is 49.3 Å². The molecule has 0 unspecified atom stereocenters. The molecule has 2 saturated heterocycles. The summed E-state index contributed by atoms with van der Waals surface area (Å²) in [5, 5.41) is 0. The lowest BCUT2D eigenvalue weighted by Gasteiger charge is -2.25. The van der Waals surface area contributed by atoms with Crippen molar-refractivity contribution in [1.82, 2.24) is 19.2 Å². The number of ether oxygens (including phenoxy) is 1. The van der Waals surface area contributed by atoms with Gasteiger partial charge >= 0.3 is 6.09 Å². The van der Waals surface area contributed by atoms with Crippen LogP contribution in [-0.4, -0.2) is 57.5 Å². The number of carbonyl (C=O) groups excluding carboxylic acids is 1. The highest BCUT2D eigenvalue weighted by Crippen LogP contribution is 2.32. The van der Waals surface area contributed by atoms with Gasteiger partial charge in [0.05, 0.1) is 17.8 Å². The molecule has 2 aromatic rings. The van der Waals surface area contributed by atoms with E-state index < -0.39 is 0 Å². The summed E-state index contributed by atoms with van der Waals surface area (Å²) >= 11 is 0. The fourth-order valence-corrected chi connectivity index (χ4v) is 4.46. The van der Waals surface area contributed by atoms with Gasteiger partial charge in [-0.15, -0.1) is 0 Å². The minimum absolute atomic E-state index is 0.0391. The smallest absolute Gasteiger partial charge is 0.410 e. The predicted molar refractivity (Wildman–Crippen MR) is 107 cm³/mol. The Morgan fingerprint density at radius 1 is 1.07 bits per heavy atom. The maximum absolute atomic E-state index is 13.1. The van der Waals surface area contributed by atoms with Gasteiger partial charge in [-0.1, -0.05) is 18.2 Å². The van der Waals surface area contributed by atoms with Gasteiger partial charge in [0.2, 0.25) is 0 Å². The van der Waals surface area contributed by atoms with Crippen LogP contribution in [0, 0.1) is 6.92 Å². The Balaban J connectivity index is 1.54. The van der Waals surface area contributed by atoms with Crippen LogP contribution in [0.5, 0.6) is 0 Å². The number of para-hydroxylation sites is 1. The lowest BCUT2D eigenvalue weighted by atomic mass is 9.95. The maximum Gasteiger partial charge on any atom is 0.410 e. The molecule has 4 rings (SSSR count). The normalized spacial score (nSPS) is 23.2. The molecule has 2 aliphatic rings. The lowest BCUT2D eigenvalue weighted by molar-refractivity contribution is 0.0443. The number of likely N-dealkylation sites (N-methyl/N-ethyl adjacent to an activating group) is 1. The number of likely N-dealkylation sites (tertiary alicyclic amines) is 1. The van der Waals surface area contributed by atoms with Gasteiger partial charge in [0.15, 0.2) is 0 Å². The van der Waals surface area contributed by atoms with Gasteiger partial charge in [0.25, 0.3) is 5.56 Å². The predicted octanol–water partition coefficient (Wildman–Crippen LogP) is 2.29. The van der Waals surface area contributed by atoms with Crippen molar-refractivity contribution in [3.8, 4) is 5.69 Å². The maximum atomic E-state index is 13.1. The number of amides is 1. The summed E-state index contributed by atoms with van der Waals surface area (Å²) in [6, 6.07) is 9.73. The standard InChI is InChI=1S/C21H28N4O3/c1-16-18(19(26)25(23(16)3)17-8-5-4-6-9-17)14-24-12-7-10-21(11-13-24)15-22(2)20(27)28-21/h4-6,8-9H,7,10-15H2,1-3H3/t21-/m1/s1. The van der Waals surface area contributed by atoms with E-state index in [4.69, 9.17) is 4.74 Å². The molecule has 2 fully saturated rings. The van der Waals surface area contributed by atoms with Gasteiger partial charge < -0.3 is 9.64 Å². The van der Waals surface area contributed by atoms with Crippen LogP contribution in [0.2, 0.25) is 0 Å². The molecule has 1 aromatic carbocycles. The third kappa shape index (κ3) is 3.24. The van der Waals surface area contributed by atoms with Crippen molar-refractivity contribution in [1.29, 1.82) is 0 Å². The van der Waals surface area contributed by atoms with Crippen molar-refractivity contribution >= 4 is 6.09 Å². The Kier molecular flexibility index (Phi) is 4.79. The molecular formula is C21H28N4O3. The summed E-state index contributed by atoms with van der Waals surface area (Å²) < 4.78 is 9.36.